The molecule has 0 radical (unpaired) electrons. The van der Waals surface area contributed by atoms with Crippen LogP contribution in [0.15, 0.2) is 79.1 Å². The minimum Gasteiger partial charge on any atom is -0.398 e. The summed E-state index contributed by atoms with van der Waals surface area (Å²) in [6.45, 7) is 0.365. The van der Waals surface area contributed by atoms with Crippen LogP contribution in [0.5, 0.6) is 0 Å². The molecule has 0 bridgehead atoms. The lowest BCUT2D eigenvalue weighted by Gasteiger charge is -2.12. The van der Waals surface area contributed by atoms with E-state index < -0.39 is 0 Å². The van der Waals surface area contributed by atoms with Gasteiger partial charge in [0.05, 0.1) is 6.61 Å². The maximum Gasteiger partial charge on any atom is 0.252 e. The highest BCUT2D eigenvalue weighted by Crippen LogP contribution is 2.33. The number of hydrogen-bond acceptors (Lipinski definition) is 4. The number of carbonyl (C=O) groups is 1. The molecule has 144 valence electrons. The third-order valence-corrected chi connectivity index (χ3v) is 4.94. The number of nitrogens with zero attached hydrogens (tertiary/aromatic N) is 1. The molecule has 5 heteroatoms. The first kappa shape index (κ1) is 18.7. The number of aliphatic hydroxyl groups excluding tert-OH is 1. The van der Waals surface area contributed by atoms with E-state index in [2.05, 4.69) is 10.3 Å². The first-order valence-electron chi connectivity index (χ1n) is 9.36. The highest BCUT2D eigenvalue weighted by Gasteiger charge is 2.13. The summed E-state index contributed by atoms with van der Waals surface area (Å²) in [5.74, 6) is -0.152. The van der Waals surface area contributed by atoms with Crippen LogP contribution in [0.25, 0.3) is 21.9 Å². The largest absolute Gasteiger partial charge is 0.398 e. The Bertz CT molecular complexity index is 1190. The molecule has 0 aliphatic rings. The second-order valence-corrected chi connectivity index (χ2v) is 6.83. The minimum atomic E-state index is -0.152. The van der Waals surface area contributed by atoms with Crippen molar-refractivity contribution in [2.45, 2.75) is 13.2 Å². The fourth-order valence-corrected chi connectivity index (χ4v) is 3.49. The van der Waals surface area contributed by atoms with E-state index in [9.17, 15) is 9.90 Å². The van der Waals surface area contributed by atoms with E-state index in [0.29, 0.717) is 17.8 Å². The van der Waals surface area contributed by atoms with Crippen molar-refractivity contribution in [3.05, 3.63) is 95.8 Å². The Morgan fingerprint density at radius 1 is 0.931 bits per heavy atom. The number of nitrogens with two attached hydrogens (primary N) is 1. The summed E-state index contributed by atoms with van der Waals surface area (Å²) >= 11 is 0. The number of amides is 1. The van der Waals surface area contributed by atoms with E-state index in [1.807, 2.05) is 60.7 Å². The van der Waals surface area contributed by atoms with Crippen LogP contribution in [-0.2, 0) is 13.2 Å². The van der Waals surface area contributed by atoms with E-state index in [0.717, 1.165) is 33.0 Å². The van der Waals surface area contributed by atoms with Gasteiger partial charge in [-0.15, -0.1) is 0 Å². The number of nitrogens with one attached hydrogen (secondary N) is 1. The number of benzene rings is 3. The van der Waals surface area contributed by atoms with Gasteiger partial charge >= 0.3 is 0 Å². The molecule has 1 heterocycles. The summed E-state index contributed by atoms with van der Waals surface area (Å²) < 4.78 is 0. The maximum absolute atomic E-state index is 12.9. The minimum absolute atomic E-state index is 0.0225. The molecule has 4 aromatic rings. The van der Waals surface area contributed by atoms with E-state index in [1.165, 1.54) is 0 Å². The summed E-state index contributed by atoms with van der Waals surface area (Å²) in [6, 6.07) is 20.8. The van der Waals surface area contributed by atoms with Gasteiger partial charge in [0.15, 0.2) is 0 Å². The summed E-state index contributed by atoms with van der Waals surface area (Å²) in [5, 5.41) is 14.0. The zero-order valence-corrected chi connectivity index (χ0v) is 15.8. The van der Waals surface area contributed by atoms with Crippen molar-refractivity contribution in [3.8, 4) is 11.1 Å². The SMILES string of the molecule is Nc1ccncc1-c1cccc2c(C(=O)NCc3cccc(CO)c3)cccc12. The van der Waals surface area contributed by atoms with Gasteiger partial charge in [0.25, 0.3) is 5.91 Å². The third-order valence-electron chi connectivity index (χ3n) is 4.94. The van der Waals surface area contributed by atoms with Crippen molar-refractivity contribution in [2.24, 2.45) is 0 Å². The quantitative estimate of drug-likeness (QED) is 0.488. The van der Waals surface area contributed by atoms with Gasteiger partial charge in [-0.1, -0.05) is 54.6 Å². The van der Waals surface area contributed by atoms with Crippen molar-refractivity contribution in [3.63, 3.8) is 0 Å². The zero-order chi connectivity index (χ0) is 20.2. The van der Waals surface area contributed by atoms with Crippen molar-refractivity contribution in [1.29, 1.82) is 0 Å². The van der Waals surface area contributed by atoms with Crippen molar-refractivity contribution < 1.29 is 9.90 Å². The van der Waals surface area contributed by atoms with Crippen LogP contribution in [0, 0.1) is 0 Å². The lowest BCUT2D eigenvalue weighted by Crippen LogP contribution is -2.23. The summed E-state index contributed by atoms with van der Waals surface area (Å²) in [4.78, 5) is 17.1. The van der Waals surface area contributed by atoms with Crippen LogP contribution in [0.2, 0.25) is 0 Å². The standard InChI is InChI=1S/C24H21N3O2/c25-23-10-11-26-14-22(23)20-8-2-7-19-18(20)6-3-9-21(19)24(29)27-13-16-4-1-5-17(12-16)15-28/h1-12,14,28H,13,15H2,(H2,25,26)(H,27,29). The second-order valence-electron chi connectivity index (χ2n) is 6.83. The van der Waals surface area contributed by atoms with E-state index >= 15 is 0 Å². The fraction of sp³-hybridized carbons (Fsp3) is 0.0833. The maximum atomic E-state index is 12.9. The molecular weight excluding hydrogens is 362 g/mol. The van der Waals surface area contributed by atoms with Crippen LogP contribution in [0.3, 0.4) is 0 Å². The fourth-order valence-electron chi connectivity index (χ4n) is 3.49. The number of carbonyl (C=O) groups excluding carboxylic acids is 1. The number of rotatable bonds is 5. The number of aliphatic hydroxyl groups is 1. The summed E-state index contributed by atoms with van der Waals surface area (Å²) in [6.07, 6.45) is 3.40. The van der Waals surface area contributed by atoms with E-state index in [1.54, 1.807) is 18.5 Å². The Morgan fingerprint density at radius 2 is 1.69 bits per heavy atom. The highest BCUT2D eigenvalue weighted by molar-refractivity contribution is 6.11. The lowest BCUT2D eigenvalue weighted by molar-refractivity contribution is 0.0952. The molecule has 0 fully saturated rings. The predicted molar refractivity (Wildman–Crippen MR) is 115 cm³/mol. The molecule has 0 aliphatic heterocycles. The monoisotopic (exact) mass is 383 g/mol. The van der Waals surface area contributed by atoms with Crippen molar-refractivity contribution in [1.82, 2.24) is 10.3 Å². The van der Waals surface area contributed by atoms with Gasteiger partial charge in [-0.25, -0.2) is 0 Å². The Labute approximate surface area is 168 Å². The molecule has 0 atom stereocenters. The topological polar surface area (TPSA) is 88.2 Å². The normalized spacial score (nSPS) is 10.8. The zero-order valence-electron chi connectivity index (χ0n) is 15.8. The molecule has 0 aliphatic carbocycles. The van der Waals surface area contributed by atoms with E-state index in [-0.39, 0.29) is 12.5 Å². The van der Waals surface area contributed by atoms with Crippen LogP contribution < -0.4 is 11.1 Å². The molecule has 4 N–H and O–H groups in total. The van der Waals surface area contributed by atoms with Crippen molar-refractivity contribution >= 4 is 22.4 Å². The van der Waals surface area contributed by atoms with Crippen molar-refractivity contribution in [2.75, 3.05) is 5.73 Å². The van der Waals surface area contributed by atoms with Gasteiger partial charge < -0.3 is 16.2 Å². The van der Waals surface area contributed by atoms with Gasteiger partial charge in [-0.05, 0) is 39.6 Å². The molecule has 1 aromatic heterocycles. The Hall–Kier alpha value is -3.70. The molecule has 0 unspecified atom stereocenters. The molecule has 5 nitrogen and oxygen atoms in total. The summed E-state index contributed by atoms with van der Waals surface area (Å²) in [5.41, 5.74) is 10.9. The molecule has 3 aromatic carbocycles. The number of anilines is 1. The second kappa shape index (κ2) is 8.12. The van der Waals surface area contributed by atoms with Gasteiger partial charge in [-0.2, -0.15) is 0 Å². The number of aromatic nitrogens is 1. The molecular formula is C24H21N3O2. The van der Waals surface area contributed by atoms with E-state index in [4.69, 9.17) is 5.73 Å². The van der Waals surface area contributed by atoms with Gasteiger partial charge in [0.2, 0.25) is 0 Å². The Kier molecular flexibility index (Phi) is 5.22. The number of fused-ring (bicyclic) bond motifs is 1. The molecule has 0 saturated heterocycles. The molecule has 1 amide bonds. The first-order valence-corrected chi connectivity index (χ1v) is 9.36. The number of pyridine rings is 1. The van der Waals surface area contributed by atoms with Gasteiger partial charge in [-0.3, -0.25) is 9.78 Å². The highest BCUT2D eigenvalue weighted by atomic mass is 16.3. The number of nitrogen functional groups attached to an aromatic ring is 1. The summed E-state index contributed by atoms with van der Waals surface area (Å²) in [7, 11) is 0. The average Bonchev–Trinajstić information content (AvgIpc) is 2.77. The first-order chi connectivity index (χ1) is 14.2. The molecule has 0 saturated carbocycles. The van der Waals surface area contributed by atoms with Crippen LogP contribution >= 0.6 is 0 Å². The van der Waals surface area contributed by atoms with Gasteiger partial charge in [0.1, 0.15) is 0 Å². The Morgan fingerprint density at radius 3 is 2.52 bits per heavy atom. The number of hydrogen-bond donors (Lipinski definition) is 3. The smallest absolute Gasteiger partial charge is 0.252 e. The molecule has 29 heavy (non-hydrogen) atoms. The average molecular weight is 383 g/mol. The Balaban J connectivity index is 1.67. The third kappa shape index (κ3) is 3.81. The molecule has 0 spiro atoms. The van der Waals surface area contributed by atoms with Crippen LogP contribution in [0.1, 0.15) is 21.5 Å². The van der Waals surface area contributed by atoms with Crippen LogP contribution in [0.4, 0.5) is 5.69 Å². The van der Waals surface area contributed by atoms with Gasteiger partial charge in [0, 0.05) is 35.8 Å². The van der Waals surface area contributed by atoms with Crippen LogP contribution in [-0.4, -0.2) is 16.0 Å². The lowest BCUT2D eigenvalue weighted by atomic mass is 9.95. The predicted octanol–water partition coefficient (Wildman–Crippen LogP) is 3.91. The molecule has 4 rings (SSSR count).